The highest BCUT2D eigenvalue weighted by Gasteiger charge is 2.24. The van der Waals surface area contributed by atoms with Crippen LogP contribution in [-0.2, 0) is 0 Å². The second-order valence-electron chi connectivity index (χ2n) is 6.68. The molecule has 0 radical (unpaired) electrons. The lowest BCUT2D eigenvalue weighted by atomic mass is 9.99. The van der Waals surface area contributed by atoms with Gasteiger partial charge < -0.3 is 9.40 Å². The molecule has 1 aliphatic heterocycles. The fraction of sp³-hybridized carbons (Fsp3) is 0.444. The summed E-state index contributed by atoms with van der Waals surface area (Å²) in [6.45, 7) is 6.54. The van der Waals surface area contributed by atoms with Crippen molar-refractivity contribution in [2.75, 3.05) is 13.1 Å². The fourth-order valence-corrected chi connectivity index (χ4v) is 4.46. The molecule has 126 valence electrons. The summed E-state index contributed by atoms with van der Waals surface area (Å²) < 4.78 is 5.44. The van der Waals surface area contributed by atoms with Crippen molar-refractivity contribution in [2.24, 2.45) is 5.92 Å². The second kappa shape index (κ2) is 6.18. The minimum Gasteiger partial charge on any atom is -0.464 e. The first-order valence-corrected chi connectivity index (χ1v) is 9.31. The average Bonchev–Trinajstić information content (AvgIpc) is 3.23. The molecule has 0 unspecified atom stereocenters. The van der Waals surface area contributed by atoms with Crippen molar-refractivity contribution in [3.8, 4) is 11.3 Å². The summed E-state index contributed by atoms with van der Waals surface area (Å²) in [6, 6.07) is 3.82. The Kier molecular flexibility index (Phi) is 4.02. The largest absolute Gasteiger partial charge is 0.464 e. The van der Waals surface area contributed by atoms with E-state index in [4.69, 9.17) is 9.40 Å². The van der Waals surface area contributed by atoms with Crippen LogP contribution in [0, 0.1) is 5.92 Å². The maximum atomic E-state index is 12.7. The van der Waals surface area contributed by atoms with Gasteiger partial charge >= 0.3 is 0 Å². The Hall–Kier alpha value is -1.92. The zero-order valence-electron chi connectivity index (χ0n) is 13.9. The molecule has 3 aromatic heterocycles. The molecule has 6 heteroatoms. The molecule has 3 aromatic rings. The topological polar surface area (TPSA) is 62.1 Å². The second-order valence-corrected chi connectivity index (χ2v) is 7.53. The molecule has 5 nitrogen and oxygen atoms in total. The van der Waals surface area contributed by atoms with Crippen molar-refractivity contribution in [1.29, 1.82) is 0 Å². The molecule has 1 fully saturated rings. The highest BCUT2D eigenvalue weighted by atomic mass is 32.1. The van der Waals surface area contributed by atoms with Crippen molar-refractivity contribution < 1.29 is 4.42 Å². The van der Waals surface area contributed by atoms with Crippen molar-refractivity contribution in [2.45, 2.75) is 32.7 Å². The minimum absolute atomic E-state index is 0.0837. The lowest BCUT2D eigenvalue weighted by Gasteiger charge is -2.34. The fourth-order valence-electron chi connectivity index (χ4n) is 3.53. The minimum atomic E-state index is -0.0837. The van der Waals surface area contributed by atoms with Gasteiger partial charge in [0.1, 0.15) is 16.4 Å². The van der Waals surface area contributed by atoms with Crippen molar-refractivity contribution in [3.05, 3.63) is 40.0 Å². The molecule has 0 bridgehead atoms. The van der Waals surface area contributed by atoms with Crippen LogP contribution in [0.2, 0.25) is 0 Å². The lowest BCUT2D eigenvalue weighted by Crippen LogP contribution is -2.37. The number of likely N-dealkylation sites (tertiary alicyclic amines) is 1. The van der Waals surface area contributed by atoms with Crippen LogP contribution in [0.3, 0.4) is 0 Å². The average molecular weight is 343 g/mol. The summed E-state index contributed by atoms with van der Waals surface area (Å²) in [5, 5.41) is 2.57. The van der Waals surface area contributed by atoms with E-state index in [0.717, 1.165) is 29.3 Å². The van der Waals surface area contributed by atoms with Crippen molar-refractivity contribution in [3.63, 3.8) is 0 Å². The first-order valence-electron chi connectivity index (χ1n) is 8.43. The molecular weight excluding hydrogens is 322 g/mol. The van der Waals surface area contributed by atoms with Crippen LogP contribution >= 0.6 is 11.3 Å². The number of nitrogens with one attached hydrogen (secondary N) is 1. The van der Waals surface area contributed by atoms with Crippen LogP contribution in [0.4, 0.5) is 0 Å². The van der Waals surface area contributed by atoms with Gasteiger partial charge in [0, 0.05) is 17.5 Å². The zero-order chi connectivity index (χ0) is 16.7. The van der Waals surface area contributed by atoms with Gasteiger partial charge in [-0.1, -0.05) is 6.92 Å². The number of hydrogen-bond donors (Lipinski definition) is 1. The number of furan rings is 1. The third kappa shape index (κ3) is 2.70. The van der Waals surface area contributed by atoms with Crippen molar-refractivity contribution >= 4 is 21.6 Å². The van der Waals surface area contributed by atoms with Crippen LogP contribution in [0.25, 0.3) is 21.5 Å². The Morgan fingerprint density at radius 1 is 1.50 bits per heavy atom. The maximum absolute atomic E-state index is 12.7. The standard InChI is InChI=1S/C18H21N3O2S/c1-11-5-3-7-21(9-11)12(2)16-19-17(22)15-13(10-24-18(15)20-16)14-6-4-8-23-14/h4,6,8,10-12H,3,5,7,9H2,1-2H3,(H,19,20,22)/t11-,12+/m1/s1. The van der Waals surface area contributed by atoms with E-state index in [0.29, 0.717) is 17.1 Å². The maximum Gasteiger partial charge on any atom is 0.260 e. The molecule has 1 aliphatic rings. The molecule has 0 spiro atoms. The third-order valence-electron chi connectivity index (χ3n) is 4.88. The number of fused-ring (bicyclic) bond motifs is 1. The number of nitrogens with zero attached hydrogens (tertiary/aromatic N) is 2. The summed E-state index contributed by atoms with van der Waals surface area (Å²) in [5.74, 6) is 2.16. The Morgan fingerprint density at radius 3 is 3.12 bits per heavy atom. The molecule has 0 amide bonds. The van der Waals surface area contributed by atoms with Crippen LogP contribution in [0.15, 0.2) is 33.0 Å². The Balaban J connectivity index is 1.72. The molecule has 0 saturated carbocycles. The number of thiophene rings is 1. The van der Waals surface area contributed by atoms with E-state index in [1.165, 1.54) is 24.2 Å². The van der Waals surface area contributed by atoms with Crippen LogP contribution in [0.1, 0.15) is 38.6 Å². The molecule has 2 atom stereocenters. The number of piperidine rings is 1. The zero-order valence-corrected chi connectivity index (χ0v) is 14.7. The van der Waals surface area contributed by atoms with Gasteiger partial charge in [-0.2, -0.15) is 0 Å². The Bertz CT molecular complexity index is 897. The van der Waals surface area contributed by atoms with Crippen LogP contribution in [-0.4, -0.2) is 28.0 Å². The van der Waals surface area contributed by atoms with E-state index in [-0.39, 0.29) is 11.6 Å². The molecule has 4 heterocycles. The van der Waals surface area contributed by atoms with Gasteiger partial charge in [-0.15, -0.1) is 11.3 Å². The van der Waals surface area contributed by atoms with E-state index < -0.39 is 0 Å². The van der Waals surface area contributed by atoms with Gasteiger partial charge in [-0.3, -0.25) is 9.69 Å². The monoisotopic (exact) mass is 343 g/mol. The summed E-state index contributed by atoms with van der Waals surface area (Å²) >= 11 is 1.50. The third-order valence-corrected chi connectivity index (χ3v) is 5.75. The van der Waals surface area contributed by atoms with Crippen LogP contribution < -0.4 is 5.56 Å². The summed E-state index contributed by atoms with van der Waals surface area (Å²) in [5.41, 5.74) is 0.735. The smallest absolute Gasteiger partial charge is 0.260 e. The molecule has 4 rings (SSSR count). The van der Waals surface area contributed by atoms with E-state index >= 15 is 0 Å². The molecule has 1 N–H and O–H groups in total. The molecular formula is C18H21N3O2S. The molecule has 1 saturated heterocycles. The highest BCUT2D eigenvalue weighted by molar-refractivity contribution is 7.17. The van der Waals surface area contributed by atoms with Gasteiger partial charge in [-0.05, 0) is 44.4 Å². The van der Waals surface area contributed by atoms with E-state index in [1.807, 2.05) is 17.5 Å². The highest BCUT2D eigenvalue weighted by Crippen LogP contribution is 2.32. The number of aromatic amines is 1. The number of aromatic nitrogens is 2. The van der Waals surface area contributed by atoms with E-state index in [2.05, 4.69) is 23.7 Å². The predicted octanol–water partition coefficient (Wildman–Crippen LogP) is 4.04. The first-order chi connectivity index (χ1) is 11.6. The Labute approximate surface area is 144 Å². The number of rotatable bonds is 3. The quantitative estimate of drug-likeness (QED) is 0.780. The normalized spacial score (nSPS) is 20.5. The van der Waals surface area contributed by atoms with E-state index in [1.54, 1.807) is 6.26 Å². The summed E-state index contributed by atoms with van der Waals surface area (Å²) in [4.78, 5) is 23.6. The van der Waals surface area contributed by atoms with Gasteiger partial charge in [0.2, 0.25) is 0 Å². The molecule has 0 aromatic carbocycles. The van der Waals surface area contributed by atoms with Gasteiger partial charge in [0.15, 0.2) is 0 Å². The van der Waals surface area contributed by atoms with Gasteiger partial charge in [-0.25, -0.2) is 4.98 Å². The molecule has 24 heavy (non-hydrogen) atoms. The first kappa shape index (κ1) is 15.6. The molecule has 0 aliphatic carbocycles. The summed E-state index contributed by atoms with van der Waals surface area (Å²) in [7, 11) is 0. The lowest BCUT2D eigenvalue weighted by molar-refractivity contribution is 0.134. The van der Waals surface area contributed by atoms with E-state index in [9.17, 15) is 4.79 Å². The van der Waals surface area contributed by atoms with Crippen LogP contribution in [0.5, 0.6) is 0 Å². The number of H-pyrrole nitrogens is 1. The van der Waals surface area contributed by atoms with Gasteiger partial charge in [0.25, 0.3) is 5.56 Å². The SMILES string of the molecule is C[C@@H]1CCCN([C@@H](C)c2nc3scc(-c4ccco4)c3c(=O)[nH]2)C1. The van der Waals surface area contributed by atoms with Gasteiger partial charge in [0.05, 0.1) is 17.7 Å². The van der Waals surface area contributed by atoms with Crippen molar-refractivity contribution in [1.82, 2.24) is 14.9 Å². The summed E-state index contributed by atoms with van der Waals surface area (Å²) in [6.07, 6.45) is 4.11. The number of hydrogen-bond acceptors (Lipinski definition) is 5. The Morgan fingerprint density at radius 2 is 2.38 bits per heavy atom. The predicted molar refractivity (Wildman–Crippen MR) is 96.3 cm³/mol.